The lowest BCUT2D eigenvalue weighted by molar-refractivity contribution is -0.386. The van der Waals surface area contributed by atoms with E-state index in [1.807, 2.05) is 6.92 Å². The van der Waals surface area contributed by atoms with Gasteiger partial charge in [0.2, 0.25) is 0 Å². The maximum absolute atomic E-state index is 10.9. The molecule has 2 atom stereocenters. The van der Waals surface area contributed by atoms with Crippen LogP contribution in [0, 0.1) is 24.0 Å². The molecule has 7 heteroatoms. The van der Waals surface area contributed by atoms with Gasteiger partial charge in [0.25, 0.3) is 0 Å². The molecular weight excluding hydrogens is 248 g/mol. The second kappa shape index (κ2) is 6.63. The summed E-state index contributed by atoms with van der Waals surface area (Å²) in [4.78, 5) is 10.4. The average molecular weight is 270 g/mol. The molecule has 2 unspecified atom stereocenters. The highest BCUT2D eigenvalue weighted by Crippen LogP contribution is 2.21. The SMILES string of the molecule is CCC(C)NCC(O)Cn1nc(C)c([N+](=O)[O-])c1C. The molecule has 0 aliphatic carbocycles. The number of aryl methyl sites for hydroxylation is 1. The van der Waals surface area contributed by atoms with Crippen LogP contribution in [0.5, 0.6) is 0 Å². The molecule has 1 rings (SSSR count). The van der Waals surface area contributed by atoms with Gasteiger partial charge < -0.3 is 10.4 Å². The Morgan fingerprint density at radius 3 is 2.63 bits per heavy atom. The summed E-state index contributed by atoms with van der Waals surface area (Å²) in [6.45, 7) is 8.05. The zero-order valence-electron chi connectivity index (χ0n) is 11.9. The van der Waals surface area contributed by atoms with Crippen molar-refractivity contribution in [1.82, 2.24) is 15.1 Å². The van der Waals surface area contributed by atoms with Crippen LogP contribution in [0.3, 0.4) is 0 Å². The van der Waals surface area contributed by atoms with Gasteiger partial charge in [0.15, 0.2) is 0 Å². The van der Waals surface area contributed by atoms with E-state index < -0.39 is 11.0 Å². The number of aliphatic hydroxyl groups is 1. The maximum atomic E-state index is 10.9. The minimum absolute atomic E-state index is 0.0297. The van der Waals surface area contributed by atoms with Crippen molar-refractivity contribution in [2.24, 2.45) is 0 Å². The molecule has 0 aromatic carbocycles. The summed E-state index contributed by atoms with van der Waals surface area (Å²) < 4.78 is 1.50. The first-order valence-corrected chi connectivity index (χ1v) is 6.46. The Balaban J connectivity index is 2.67. The van der Waals surface area contributed by atoms with Crippen LogP contribution in [-0.4, -0.2) is 38.5 Å². The lowest BCUT2D eigenvalue weighted by Crippen LogP contribution is -2.35. The molecule has 7 nitrogen and oxygen atoms in total. The van der Waals surface area contributed by atoms with E-state index in [9.17, 15) is 15.2 Å². The quantitative estimate of drug-likeness (QED) is 0.573. The van der Waals surface area contributed by atoms with Crippen molar-refractivity contribution < 1.29 is 10.0 Å². The van der Waals surface area contributed by atoms with E-state index in [0.717, 1.165) is 6.42 Å². The molecule has 0 aliphatic heterocycles. The van der Waals surface area contributed by atoms with Crippen LogP contribution in [0.1, 0.15) is 31.7 Å². The van der Waals surface area contributed by atoms with Crippen molar-refractivity contribution >= 4 is 5.69 Å². The number of aromatic nitrogens is 2. The molecule has 0 amide bonds. The summed E-state index contributed by atoms with van der Waals surface area (Å²) in [6, 6.07) is 0.337. The standard InChI is InChI=1S/C12H22N4O3/c1-5-8(2)13-6-11(17)7-15-10(4)12(16(18)19)9(3)14-15/h8,11,13,17H,5-7H2,1-4H3. The molecule has 1 aromatic rings. The van der Waals surface area contributed by atoms with Gasteiger partial charge in [-0.15, -0.1) is 0 Å². The summed E-state index contributed by atoms with van der Waals surface area (Å²) in [5.74, 6) is 0. The number of nitrogens with one attached hydrogen (secondary N) is 1. The summed E-state index contributed by atoms with van der Waals surface area (Å²) in [5.41, 5.74) is 0.886. The molecule has 1 aromatic heterocycles. The molecular formula is C12H22N4O3. The maximum Gasteiger partial charge on any atom is 0.312 e. The number of nitro groups is 1. The normalized spacial score (nSPS) is 14.4. The van der Waals surface area contributed by atoms with Gasteiger partial charge in [-0.3, -0.25) is 14.8 Å². The number of hydrogen-bond donors (Lipinski definition) is 2. The van der Waals surface area contributed by atoms with E-state index in [-0.39, 0.29) is 12.2 Å². The number of rotatable bonds is 7. The fourth-order valence-electron chi connectivity index (χ4n) is 1.88. The van der Waals surface area contributed by atoms with Crippen LogP contribution < -0.4 is 5.32 Å². The van der Waals surface area contributed by atoms with Crippen LogP contribution in [0.25, 0.3) is 0 Å². The highest BCUT2D eigenvalue weighted by molar-refractivity contribution is 5.39. The highest BCUT2D eigenvalue weighted by Gasteiger charge is 2.22. The zero-order chi connectivity index (χ0) is 14.6. The lowest BCUT2D eigenvalue weighted by Gasteiger charge is -2.16. The molecule has 0 saturated heterocycles. The van der Waals surface area contributed by atoms with E-state index in [0.29, 0.717) is 24.0 Å². The first-order valence-electron chi connectivity index (χ1n) is 6.46. The fraction of sp³-hybridized carbons (Fsp3) is 0.750. The van der Waals surface area contributed by atoms with Gasteiger partial charge in [-0.25, -0.2) is 0 Å². The second-order valence-electron chi connectivity index (χ2n) is 4.83. The van der Waals surface area contributed by atoms with Gasteiger partial charge in [0.05, 0.1) is 17.6 Å². The van der Waals surface area contributed by atoms with Crippen LogP contribution >= 0.6 is 0 Å². The summed E-state index contributed by atoms with van der Waals surface area (Å²) >= 11 is 0. The summed E-state index contributed by atoms with van der Waals surface area (Å²) in [5, 5.41) is 28.1. The van der Waals surface area contributed by atoms with Gasteiger partial charge in [-0.05, 0) is 27.2 Å². The molecule has 0 spiro atoms. The molecule has 108 valence electrons. The Bertz CT molecular complexity index is 444. The third-order valence-electron chi connectivity index (χ3n) is 3.22. The van der Waals surface area contributed by atoms with Crippen molar-refractivity contribution in [3.05, 3.63) is 21.5 Å². The van der Waals surface area contributed by atoms with E-state index in [2.05, 4.69) is 17.3 Å². The first-order chi connectivity index (χ1) is 8.86. The van der Waals surface area contributed by atoms with E-state index in [4.69, 9.17) is 0 Å². The van der Waals surface area contributed by atoms with Gasteiger partial charge in [0.1, 0.15) is 11.4 Å². The topological polar surface area (TPSA) is 93.2 Å². The Kier molecular flexibility index (Phi) is 5.44. The molecule has 0 bridgehead atoms. The van der Waals surface area contributed by atoms with Crippen molar-refractivity contribution in [2.45, 2.75) is 52.8 Å². The van der Waals surface area contributed by atoms with E-state index in [1.165, 1.54) is 4.68 Å². The highest BCUT2D eigenvalue weighted by atomic mass is 16.6. The minimum Gasteiger partial charge on any atom is -0.390 e. The average Bonchev–Trinajstić information content (AvgIpc) is 2.61. The zero-order valence-corrected chi connectivity index (χ0v) is 11.9. The van der Waals surface area contributed by atoms with Gasteiger partial charge in [-0.2, -0.15) is 5.10 Å². The van der Waals surface area contributed by atoms with Gasteiger partial charge in [0, 0.05) is 12.6 Å². The third kappa shape index (κ3) is 4.00. The third-order valence-corrected chi connectivity index (χ3v) is 3.22. The van der Waals surface area contributed by atoms with Crippen molar-refractivity contribution in [1.29, 1.82) is 0 Å². The van der Waals surface area contributed by atoms with Gasteiger partial charge in [-0.1, -0.05) is 6.92 Å². The molecule has 0 saturated carbocycles. The number of nitrogens with zero attached hydrogens (tertiary/aromatic N) is 3. The van der Waals surface area contributed by atoms with Gasteiger partial charge >= 0.3 is 5.69 Å². The van der Waals surface area contributed by atoms with E-state index in [1.54, 1.807) is 13.8 Å². The van der Waals surface area contributed by atoms with Crippen LogP contribution in [0.4, 0.5) is 5.69 Å². The van der Waals surface area contributed by atoms with Crippen LogP contribution in [0.15, 0.2) is 0 Å². The smallest absolute Gasteiger partial charge is 0.312 e. The summed E-state index contributed by atoms with van der Waals surface area (Å²) in [6.07, 6.45) is 0.365. The Labute approximate surface area is 112 Å². The molecule has 0 radical (unpaired) electrons. The minimum atomic E-state index is -0.619. The Hall–Kier alpha value is -1.47. The first kappa shape index (κ1) is 15.6. The molecule has 19 heavy (non-hydrogen) atoms. The summed E-state index contributed by atoms with van der Waals surface area (Å²) in [7, 11) is 0. The van der Waals surface area contributed by atoms with Crippen LogP contribution in [0.2, 0.25) is 0 Å². The predicted molar refractivity (Wildman–Crippen MR) is 72.1 cm³/mol. The lowest BCUT2D eigenvalue weighted by atomic mass is 10.2. The molecule has 2 N–H and O–H groups in total. The second-order valence-corrected chi connectivity index (χ2v) is 4.83. The fourth-order valence-corrected chi connectivity index (χ4v) is 1.88. The molecule has 0 aliphatic rings. The number of hydrogen-bond acceptors (Lipinski definition) is 5. The van der Waals surface area contributed by atoms with Crippen molar-refractivity contribution in [3.8, 4) is 0 Å². The Morgan fingerprint density at radius 2 is 2.16 bits per heavy atom. The molecule has 0 fully saturated rings. The Morgan fingerprint density at radius 1 is 1.53 bits per heavy atom. The number of aliphatic hydroxyl groups excluding tert-OH is 1. The van der Waals surface area contributed by atoms with Crippen molar-refractivity contribution in [2.75, 3.05) is 6.54 Å². The van der Waals surface area contributed by atoms with Crippen LogP contribution in [-0.2, 0) is 6.54 Å². The van der Waals surface area contributed by atoms with Crippen molar-refractivity contribution in [3.63, 3.8) is 0 Å². The largest absolute Gasteiger partial charge is 0.390 e. The molecule has 1 heterocycles. The monoisotopic (exact) mass is 270 g/mol. The predicted octanol–water partition coefficient (Wildman–Crippen LogP) is 1.16. The van der Waals surface area contributed by atoms with E-state index >= 15 is 0 Å².